The Kier molecular flexibility index (Phi) is 5.93. The second kappa shape index (κ2) is 8.22. The lowest BCUT2D eigenvalue weighted by Gasteiger charge is -2.16. The molecule has 0 aliphatic heterocycles. The number of benzene rings is 1. The summed E-state index contributed by atoms with van der Waals surface area (Å²) in [6, 6.07) is 2.77. The van der Waals surface area contributed by atoms with Gasteiger partial charge in [-0.25, -0.2) is 18.3 Å². The van der Waals surface area contributed by atoms with Gasteiger partial charge in [0, 0.05) is 29.4 Å². The van der Waals surface area contributed by atoms with Gasteiger partial charge in [0.2, 0.25) is 11.1 Å². The molecule has 0 aliphatic carbocycles. The summed E-state index contributed by atoms with van der Waals surface area (Å²) in [5.41, 5.74) is 2.87. The molecule has 2 aromatic heterocycles. The number of rotatable bonds is 6. The normalized spacial score (nSPS) is 12.4. The highest BCUT2D eigenvalue weighted by molar-refractivity contribution is 7.98. The van der Waals surface area contributed by atoms with Gasteiger partial charge < -0.3 is 5.32 Å². The molecule has 3 rings (SSSR count). The van der Waals surface area contributed by atoms with E-state index in [1.807, 2.05) is 20.1 Å². The van der Waals surface area contributed by atoms with Crippen LogP contribution in [0.5, 0.6) is 0 Å². The van der Waals surface area contributed by atoms with Gasteiger partial charge in [0.15, 0.2) is 0 Å². The number of hydrogen-bond donors (Lipinski definition) is 1. The lowest BCUT2D eigenvalue weighted by molar-refractivity contribution is -0.121. The van der Waals surface area contributed by atoms with Crippen LogP contribution >= 0.6 is 11.8 Å². The van der Waals surface area contributed by atoms with Crippen LogP contribution in [0.1, 0.15) is 41.9 Å². The van der Waals surface area contributed by atoms with Crippen LogP contribution < -0.4 is 5.32 Å². The molecule has 0 aliphatic rings. The number of nitrogens with zero attached hydrogens (tertiary/aromatic N) is 4. The second-order valence-corrected chi connectivity index (χ2v) is 7.30. The molecule has 1 amide bonds. The molecular weight excluding hydrogens is 384 g/mol. The van der Waals surface area contributed by atoms with Gasteiger partial charge in [-0.15, -0.1) is 5.10 Å². The maximum absolute atomic E-state index is 13.9. The first-order chi connectivity index (χ1) is 13.3. The monoisotopic (exact) mass is 405 g/mol. The SMILES string of the molecule is CSc1nc2nc(C)c(CCC(=O)NC(C)c3ccc(F)cc3F)c(C)n2n1. The zero-order chi connectivity index (χ0) is 20.4. The zero-order valence-corrected chi connectivity index (χ0v) is 16.9. The third-order valence-electron chi connectivity index (χ3n) is 4.62. The predicted octanol–water partition coefficient (Wildman–Crippen LogP) is 3.55. The molecule has 3 aromatic rings. The number of aromatic nitrogens is 4. The Morgan fingerprint density at radius 1 is 1.29 bits per heavy atom. The Morgan fingerprint density at radius 2 is 2.04 bits per heavy atom. The molecule has 2 heterocycles. The molecular formula is C19H21F2N5OS. The van der Waals surface area contributed by atoms with E-state index in [2.05, 4.69) is 20.4 Å². The molecule has 1 N–H and O–H groups in total. The van der Waals surface area contributed by atoms with Crippen LogP contribution in [0, 0.1) is 25.5 Å². The van der Waals surface area contributed by atoms with Gasteiger partial charge in [0.05, 0.1) is 6.04 Å². The van der Waals surface area contributed by atoms with Gasteiger partial charge in [0.1, 0.15) is 11.6 Å². The number of hydrogen-bond acceptors (Lipinski definition) is 5. The van der Waals surface area contributed by atoms with Crippen molar-refractivity contribution < 1.29 is 13.6 Å². The summed E-state index contributed by atoms with van der Waals surface area (Å²) >= 11 is 1.44. The molecule has 0 saturated carbocycles. The number of aryl methyl sites for hydroxylation is 2. The van der Waals surface area contributed by atoms with Gasteiger partial charge in [-0.05, 0) is 45.1 Å². The minimum atomic E-state index is -0.676. The molecule has 0 spiro atoms. The molecule has 0 bridgehead atoms. The van der Waals surface area contributed by atoms with Crippen molar-refractivity contribution in [2.75, 3.05) is 6.26 Å². The van der Waals surface area contributed by atoms with Crippen molar-refractivity contribution in [3.63, 3.8) is 0 Å². The van der Waals surface area contributed by atoms with E-state index >= 15 is 0 Å². The van der Waals surface area contributed by atoms with Crippen LogP contribution in [-0.2, 0) is 11.2 Å². The highest BCUT2D eigenvalue weighted by atomic mass is 32.2. The Bertz CT molecular complexity index is 1040. The highest BCUT2D eigenvalue weighted by Gasteiger charge is 2.17. The molecule has 0 fully saturated rings. The minimum absolute atomic E-state index is 0.214. The predicted molar refractivity (Wildman–Crippen MR) is 103 cm³/mol. The van der Waals surface area contributed by atoms with Crippen molar-refractivity contribution in [1.82, 2.24) is 24.9 Å². The quantitative estimate of drug-likeness (QED) is 0.635. The number of fused-ring (bicyclic) bond motifs is 1. The molecule has 28 heavy (non-hydrogen) atoms. The van der Waals surface area contributed by atoms with Gasteiger partial charge >= 0.3 is 0 Å². The van der Waals surface area contributed by atoms with E-state index in [0.29, 0.717) is 17.4 Å². The van der Waals surface area contributed by atoms with E-state index in [4.69, 9.17) is 0 Å². The molecule has 0 radical (unpaired) electrons. The largest absolute Gasteiger partial charge is 0.349 e. The number of thioether (sulfide) groups is 1. The van der Waals surface area contributed by atoms with Crippen molar-refractivity contribution >= 4 is 23.4 Å². The maximum atomic E-state index is 13.9. The third kappa shape index (κ3) is 4.14. The average molecular weight is 405 g/mol. The van der Waals surface area contributed by atoms with E-state index in [9.17, 15) is 13.6 Å². The smallest absolute Gasteiger partial charge is 0.253 e. The van der Waals surface area contributed by atoms with Crippen molar-refractivity contribution in [2.45, 2.75) is 44.8 Å². The fourth-order valence-corrected chi connectivity index (χ4v) is 3.46. The Labute approximate surface area is 165 Å². The number of carbonyl (C=O) groups is 1. The summed E-state index contributed by atoms with van der Waals surface area (Å²) in [5.74, 6) is -1.01. The van der Waals surface area contributed by atoms with E-state index in [1.165, 1.54) is 23.9 Å². The number of carbonyl (C=O) groups excluding carboxylic acids is 1. The van der Waals surface area contributed by atoms with E-state index in [0.717, 1.165) is 23.0 Å². The fourth-order valence-electron chi connectivity index (χ4n) is 3.12. The van der Waals surface area contributed by atoms with Crippen molar-refractivity contribution in [3.8, 4) is 0 Å². The minimum Gasteiger partial charge on any atom is -0.349 e. The first-order valence-corrected chi connectivity index (χ1v) is 10.0. The van der Waals surface area contributed by atoms with E-state index < -0.39 is 17.7 Å². The summed E-state index contributed by atoms with van der Waals surface area (Å²) in [7, 11) is 0. The van der Waals surface area contributed by atoms with Crippen molar-refractivity contribution in [2.24, 2.45) is 0 Å². The summed E-state index contributed by atoms with van der Waals surface area (Å²) < 4.78 is 28.6. The van der Waals surface area contributed by atoms with Gasteiger partial charge in [-0.1, -0.05) is 17.8 Å². The summed E-state index contributed by atoms with van der Waals surface area (Å²) in [6.45, 7) is 5.46. The Balaban J connectivity index is 1.70. The maximum Gasteiger partial charge on any atom is 0.253 e. The fraction of sp³-hybridized carbons (Fsp3) is 0.368. The Hall–Kier alpha value is -2.55. The van der Waals surface area contributed by atoms with Crippen LogP contribution in [0.2, 0.25) is 0 Å². The topological polar surface area (TPSA) is 72.2 Å². The van der Waals surface area contributed by atoms with Crippen LogP contribution in [-0.4, -0.2) is 31.7 Å². The molecule has 1 atom stereocenters. The Morgan fingerprint density at radius 3 is 2.71 bits per heavy atom. The molecule has 6 nitrogen and oxygen atoms in total. The first-order valence-electron chi connectivity index (χ1n) is 8.81. The molecule has 1 aromatic carbocycles. The van der Waals surface area contributed by atoms with Gasteiger partial charge in [0.25, 0.3) is 5.78 Å². The molecule has 0 saturated heterocycles. The number of halogens is 2. The van der Waals surface area contributed by atoms with E-state index in [1.54, 1.807) is 11.4 Å². The lowest BCUT2D eigenvalue weighted by atomic mass is 10.0. The van der Waals surface area contributed by atoms with E-state index in [-0.39, 0.29) is 17.9 Å². The summed E-state index contributed by atoms with van der Waals surface area (Å²) in [6.07, 6.45) is 2.58. The first kappa shape index (κ1) is 20.2. The second-order valence-electron chi connectivity index (χ2n) is 6.53. The van der Waals surface area contributed by atoms with Crippen LogP contribution in [0.15, 0.2) is 23.4 Å². The highest BCUT2D eigenvalue weighted by Crippen LogP contribution is 2.20. The van der Waals surface area contributed by atoms with Crippen molar-refractivity contribution in [3.05, 3.63) is 52.3 Å². The summed E-state index contributed by atoms with van der Waals surface area (Å²) in [5, 5.41) is 7.79. The standard InChI is InChI=1S/C19H21F2N5OS/c1-10-14(12(3)26-18(23-10)24-19(25-26)28-4)7-8-17(27)22-11(2)15-6-5-13(20)9-16(15)21/h5-6,9,11H,7-8H2,1-4H3,(H,22,27). The molecule has 9 heteroatoms. The van der Waals surface area contributed by atoms with Crippen LogP contribution in [0.4, 0.5) is 8.78 Å². The summed E-state index contributed by atoms with van der Waals surface area (Å²) in [4.78, 5) is 21.2. The van der Waals surface area contributed by atoms with Gasteiger partial charge in [-0.2, -0.15) is 4.98 Å². The average Bonchev–Trinajstić information content (AvgIpc) is 3.04. The van der Waals surface area contributed by atoms with Crippen LogP contribution in [0.3, 0.4) is 0 Å². The van der Waals surface area contributed by atoms with Gasteiger partial charge in [-0.3, -0.25) is 4.79 Å². The molecule has 148 valence electrons. The number of nitrogens with one attached hydrogen (secondary N) is 1. The zero-order valence-electron chi connectivity index (χ0n) is 16.1. The molecule has 1 unspecified atom stereocenters. The number of amides is 1. The van der Waals surface area contributed by atoms with Crippen molar-refractivity contribution in [1.29, 1.82) is 0 Å². The third-order valence-corrected chi connectivity index (χ3v) is 5.16. The lowest BCUT2D eigenvalue weighted by Crippen LogP contribution is -2.27. The van der Waals surface area contributed by atoms with Crippen LogP contribution in [0.25, 0.3) is 5.78 Å².